The minimum absolute atomic E-state index is 0.144. The summed E-state index contributed by atoms with van der Waals surface area (Å²) in [6, 6.07) is 16.5. The van der Waals surface area contributed by atoms with Gasteiger partial charge in [0.1, 0.15) is 10.6 Å². The van der Waals surface area contributed by atoms with Crippen LogP contribution in [0.3, 0.4) is 0 Å². The second kappa shape index (κ2) is 8.52. The van der Waals surface area contributed by atoms with E-state index in [1.807, 2.05) is 36.4 Å². The van der Waals surface area contributed by atoms with Crippen LogP contribution in [0.15, 0.2) is 82.9 Å². The van der Waals surface area contributed by atoms with Crippen molar-refractivity contribution in [3.8, 4) is 16.9 Å². The van der Waals surface area contributed by atoms with Crippen LogP contribution < -0.4 is 15.0 Å². The van der Waals surface area contributed by atoms with Crippen molar-refractivity contribution in [2.45, 2.75) is 11.4 Å². The summed E-state index contributed by atoms with van der Waals surface area (Å²) in [7, 11) is -0.196. The second-order valence-corrected chi connectivity index (χ2v) is 8.93. The van der Waals surface area contributed by atoms with E-state index in [2.05, 4.69) is 9.71 Å². The smallest absolute Gasteiger partial charge is 0.259 e. The van der Waals surface area contributed by atoms with E-state index in [1.165, 1.54) is 11.7 Å². The summed E-state index contributed by atoms with van der Waals surface area (Å²) in [5.74, 6) is 0.361. The minimum atomic E-state index is -3.36. The molecule has 0 unspecified atom stereocenters. The monoisotopic (exact) mass is 437 g/mol. The van der Waals surface area contributed by atoms with Gasteiger partial charge in [0.05, 0.1) is 12.5 Å². The number of ether oxygens (including phenoxy) is 1. The fourth-order valence-corrected chi connectivity index (χ4v) is 4.71. The Labute approximate surface area is 181 Å². The first-order valence-corrected chi connectivity index (χ1v) is 11.1. The van der Waals surface area contributed by atoms with Crippen molar-refractivity contribution in [3.05, 3.63) is 89.1 Å². The van der Waals surface area contributed by atoms with E-state index in [4.69, 9.17) is 4.74 Å². The van der Waals surface area contributed by atoms with E-state index in [0.29, 0.717) is 11.1 Å². The van der Waals surface area contributed by atoms with Crippen molar-refractivity contribution < 1.29 is 13.8 Å². The zero-order valence-electron chi connectivity index (χ0n) is 17.1. The number of rotatable bonds is 6. The largest absolute Gasteiger partial charge is 0.495 e. The van der Waals surface area contributed by atoms with E-state index in [1.54, 1.807) is 43.8 Å². The quantitative estimate of drug-likeness (QED) is 0.413. The Morgan fingerprint density at radius 3 is 2.61 bits per heavy atom. The summed E-state index contributed by atoms with van der Waals surface area (Å²) in [5.41, 5.74) is 2.29. The van der Waals surface area contributed by atoms with Crippen LogP contribution in [0.2, 0.25) is 0 Å². The third kappa shape index (κ3) is 4.19. The van der Waals surface area contributed by atoms with Gasteiger partial charge in [-0.25, -0.2) is 4.72 Å². The van der Waals surface area contributed by atoms with Gasteiger partial charge in [0.25, 0.3) is 5.56 Å². The number of aromatic nitrogens is 2. The van der Waals surface area contributed by atoms with Crippen LogP contribution in [0, 0.1) is 0 Å². The maximum Gasteiger partial charge on any atom is 0.259 e. The van der Waals surface area contributed by atoms with Crippen molar-refractivity contribution in [1.29, 1.82) is 0 Å². The molecular formula is C23H23N3O4S. The Hall–Kier alpha value is -3.17. The lowest BCUT2D eigenvalue weighted by Gasteiger charge is -2.34. The molecule has 7 nitrogen and oxygen atoms in total. The molecule has 2 aromatic heterocycles. The van der Waals surface area contributed by atoms with E-state index >= 15 is 0 Å². The summed E-state index contributed by atoms with van der Waals surface area (Å²) >= 11 is 0. The lowest BCUT2D eigenvalue weighted by molar-refractivity contribution is 0.395. The van der Waals surface area contributed by atoms with Gasteiger partial charge in [0.2, 0.25) is 0 Å². The number of hydrogen-bond acceptors (Lipinski definition) is 6. The number of aryl methyl sites for hydroxylation is 1. The van der Waals surface area contributed by atoms with Crippen LogP contribution in [-0.4, -0.2) is 25.8 Å². The van der Waals surface area contributed by atoms with Crippen molar-refractivity contribution in [2.24, 2.45) is 7.05 Å². The van der Waals surface area contributed by atoms with Gasteiger partial charge in [-0.1, -0.05) is 36.4 Å². The molecule has 2 heterocycles. The lowest BCUT2D eigenvalue weighted by Crippen LogP contribution is -2.20. The normalized spacial score (nSPS) is 12.1. The average molecular weight is 438 g/mol. The van der Waals surface area contributed by atoms with Gasteiger partial charge in [-0.3, -0.25) is 18.9 Å². The predicted octanol–water partition coefficient (Wildman–Crippen LogP) is 4.42. The number of methoxy groups -OCH3 is 1. The summed E-state index contributed by atoms with van der Waals surface area (Å²) < 4.78 is 31.6. The van der Waals surface area contributed by atoms with Gasteiger partial charge >= 0.3 is 0 Å². The minimum Gasteiger partial charge on any atom is -0.495 e. The molecule has 0 saturated heterocycles. The number of fused-ring (bicyclic) bond motifs is 1. The molecule has 2 aromatic carbocycles. The Kier molecular flexibility index (Phi) is 5.79. The van der Waals surface area contributed by atoms with Crippen LogP contribution in [-0.2, 0) is 13.6 Å². The number of nitrogens with zero attached hydrogens (tertiary/aromatic N) is 2. The molecule has 0 aliphatic rings. The first-order chi connectivity index (χ1) is 14.9. The summed E-state index contributed by atoms with van der Waals surface area (Å²) in [6.07, 6.45) is 4.91. The van der Waals surface area contributed by atoms with Crippen molar-refractivity contribution >= 4 is 21.5 Å². The summed E-state index contributed by atoms with van der Waals surface area (Å²) in [6.45, 7) is 0.283. The molecule has 0 atom stereocenters. The molecule has 3 N–H and O–H groups in total. The van der Waals surface area contributed by atoms with Crippen LogP contribution in [0.1, 0.15) is 5.56 Å². The van der Waals surface area contributed by atoms with Gasteiger partial charge in [-0.2, -0.15) is 0 Å². The Bertz CT molecular complexity index is 1290. The first-order valence-electron chi connectivity index (χ1n) is 9.59. The highest BCUT2D eigenvalue weighted by atomic mass is 32.3. The molecule has 0 spiro atoms. The zero-order valence-corrected chi connectivity index (χ0v) is 18.0. The average Bonchev–Trinajstić information content (AvgIpc) is 2.80. The van der Waals surface area contributed by atoms with E-state index < -0.39 is 10.8 Å². The third-order valence-corrected chi connectivity index (χ3v) is 6.57. The Balaban J connectivity index is 1.79. The molecule has 4 aromatic rings. The lowest BCUT2D eigenvalue weighted by atomic mass is 10.0. The van der Waals surface area contributed by atoms with Crippen LogP contribution in [0.5, 0.6) is 5.75 Å². The van der Waals surface area contributed by atoms with Gasteiger partial charge in [-0.05, 0) is 34.7 Å². The molecule has 160 valence electrons. The number of benzene rings is 2. The van der Waals surface area contributed by atoms with E-state index in [0.717, 1.165) is 22.1 Å². The second-order valence-electron chi connectivity index (χ2n) is 7.10. The fraction of sp³-hybridized carbons (Fsp3) is 0.130. The fourth-order valence-electron chi connectivity index (χ4n) is 3.47. The molecule has 8 heteroatoms. The van der Waals surface area contributed by atoms with Crippen molar-refractivity contribution in [1.82, 2.24) is 14.3 Å². The molecular weight excluding hydrogens is 414 g/mol. The van der Waals surface area contributed by atoms with Gasteiger partial charge < -0.3 is 9.30 Å². The summed E-state index contributed by atoms with van der Waals surface area (Å²) in [5, 5.41) is 1.23. The molecule has 0 bridgehead atoms. The molecule has 0 aliphatic carbocycles. The topological polar surface area (TPSA) is 96.6 Å². The van der Waals surface area contributed by atoms with Crippen LogP contribution >= 0.6 is 10.8 Å². The van der Waals surface area contributed by atoms with Crippen LogP contribution in [0.25, 0.3) is 21.9 Å². The Morgan fingerprint density at radius 2 is 1.87 bits per heavy atom. The maximum absolute atomic E-state index is 12.5. The standard InChI is InChI=1S/C23H23N3O4S/c1-26-15-20(18-10-11-24-14-19(18)23(26)27)17-8-9-21(30-2)22(12-17)31(28,29)25-13-16-6-4-3-5-7-16/h3-12,14-15,25,28-29H,13H2,1-2H3. The van der Waals surface area contributed by atoms with Gasteiger partial charge in [0.15, 0.2) is 0 Å². The third-order valence-electron chi connectivity index (χ3n) is 5.09. The number of hydrogen-bond donors (Lipinski definition) is 3. The molecule has 31 heavy (non-hydrogen) atoms. The van der Waals surface area contributed by atoms with Crippen molar-refractivity contribution in [2.75, 3.05) is 7.11 Å². The zero-order chi connectivity index (χ0) is 22.0. The highest BCUT2D eigenvalue weighted by Crippen LogP contribution is 2.50. The number of nitrogens with one attached hydrogen (secondary N) is 1. The Morgan fingerprint density at radius 1 is 1.10 bits per heavy atom. The predicted molar refractivity (Wildman–Crippen MR) is 123 cm³/mol. The van der Waals surface area contributed by atoms with E-state index in [9.17, 15) is 13.9 Å². The molecule has 0 saturated carbocycles. The number of pyridine rings is 2. The van der Waals surface area contributed by atoms with Gasteiger partial charge in [-0.15, -0.1) is 10.8 Å². The first kappa shape index (κ1) is 21.1. The molecule has 0 radical (unpaired) electrons. The van der Waals surface area contributed by atoms with Crippen molar-refractivity contribution in [3.63, 3.8) is 0 Å². The SMILES string of the molecule is COc1ccc(-c2cn(C)c(=O)c3cnccc23)cc1S(O)(O)NCc1ccccc1. The molecule has 0 aliphatic heterocycles. The van der Waals surface area contributed by atoms with Gasteiger partial charge in [0, 0.05) is 37.7 Å². The molecule has 4 rings (SSSR count). The highest BCUT2D eigenvalue weighted by Gasteiger charge is 2.22. The van der Waals surface area contributed by atoms with E-state index in [-0.39, 0.29) is 17.0 Å². The molecule has 0 fully saturated rings. The summed E-state index contributed by atoms with van der Waals surface area (Å²) in [4.78, 5) is 16.8. The highest BCUT2D eigenvalue weighted by molar-refractivity contribution is 8.22. The van der Waals surface area contributed by atoms with Crippen LogP contribution in [0.4, 0.5) is 0 Å². The maximum atomic E-state index is 12.5. The molecule has 0 amide bonds.